The predicted molar refractivity (Wildman–Crippen MR) is 110 cm³/mol. The molecule has 4 rings (SSSR count). The summed E-state index contributed by atoms with van der Waals surface area (Å²) in [7, 11) is 1.88. The van der Waals surface area contributed by atoms with Gasteiger partial charge in [0.25, 0.3) is 0 Å². The number of aryl methyl sites for hydroxylation is 1. The molecule has 1 amide bonds. The lowest BCUT2D eigenvalue weighted by Crippen LogP contribution is -2.27. The maximum atomic E-state index is 12.5. The Morgan fingerprint density at radius 3 is 2.62 bits per heavy atom. The van der Waals surface area contributed by atoms with Crippen molar-refractivity contribution in [3.63, 3.8) is 0 Å². The van der Waals surface area contributed by atoms with Gasteiger partial charge in [0.2, 0.25) is 5.91 Å². The summed E-state index contributed by atoms with van der Waals surface area (Å²) in [5.74, 6) is 0.152. The minimum Gasteiger partial charge on any atom is -0.341 e. The van der Waals surface area contributed by atoms with Crippen molar-refractivity contribution in [2.24, 2.45) is 0 Å². The molecule has 3 nitrogen and oxygen atoms in total. The Labute approximate surface area is 157 Å². The smallest absolute Gasteiger partial charge is 0.227 e. The number of para-hydroxylation sites is 1. The van der Waals surface area contributed by atoms with E-state index in [0.717, 1.165) is 17.7 Å². The monoisotopic (exact) mass is 362 g/mol. The molecule has 2 aromatic heterocycles. The SMILES string of the molecule is CCn1c2ccccc2c2cc(CN(C)C(=O)Cc3ccsc3)ccc21. The van der Waals surface area contributed by atoms with Gasteiger partial charge in [0, 0.05) is 41.9 Å². The van der Waals surface area contributed by atoms with Crippen molar-refractivity contribution >= 4 is 39.0 Å². The first-order chi connectivity index (χ1) is 12.7. The summed E-state index contributed by atoms with van der Waals surface area (Å²) in [5.41, 5.74) is 4.78. The van der Waals surface area contributed by atoms with Gasteiger partial charge in [-0.25, -0.2) is 0 Å². The molecule has 132 valence electrons. The molecule has 2 aromatic carbocycles. The van der Waals surface area contributed by atoms with Crippen molar-refractivity contribution in [3.8, 4) is 0 Å². The van der Waals surface area contributed by atoms with Gasteiger partial charge in [0.05, 0.1) is 6.42 Å². The van der Waals surface area contributed by atoms with Crippen LogP contribution in [0, 0.1) is 0 Å². The molecule has 0 N–H and O–H groups in total. The molecular formula is C22H22N2OS. The minimum atomic E-state index is 0.152. The molecule has 0 saturated carbocycles. The Kier molecular flexibility index (Phi) is 4.51. The zero-order valence-corrected chi connectivity index (χ0v) is 15.9. The van der Waals surface area contributed by atoms with E-state index in [4.69, 9.17) is 0 Å². The van der Waals surface area contributed by atoms with Gasteiger partial charge < -0.3 is 9.47 Å². The maximum Gasteiger partial charge on any atom is 0.227 e. The fourth-order valence-corrected chi connectivity index (χ4v) is 4.27. The average Bonchev–Trinajstić information content (AvgIpc) is 3.27. The predicted octanol–water partition coefficient (Wildman–Crippen LogP) is 5.08. The van der Waals surface area contributed by atoms with E-state index in [9.17, 15) is 4.79 Å². The second kappa shape index (κ2) is 6.96. The molecule has 4 heteroatoms. The average molecular weight is 362 g/mol. The summed E-state index contributed by atoms with van der Waals surface area (Å²) in [5, 5.41) is 6.59. The van der Waals surface area contributed by atoms with Crippen molar-refractivity contribution in [2.45, 2.75) is 26.4 Å². The number of benzene rings is 2. The molecule has 2 heterocycles. The van der Waals surface area contributed by atoms with Gasteiger partial charge in [-0.3, -0.25) is 4.79 Å². The first kappa shape index (κ1) is 16.9. The molecule has 0 aliphatic carbocycles. The first-order valence-electron chi connectivity index (χ1n) is 8.92. The number of carbonyl (C=O) groups is 1. The van der Waals surface area contributed by atoms with Crippen molar-refractivity contribution in [2.75, 3.05) is 7.05 Å². The van der Waals surface area contributed by atoms with Crippen LogP contribution in [0.3, 0.4) is 0 Å². The Balaban J connectivity index is 1.63. The van der Waals surface area contributed by atoms with Crippen molar-refractivity contribution in [1.82, 2.24) is 9.47 Å². The fourth-order valence-electron chi connectivity index (χ4n) is 3.60. The number of hydrogen-bond acceptors (Lipinski definition) is 2. The molecular weight excluding hydrogens is 340 g/mol. The molecule has 0 fully saturated rings. The Morgan fingerprint density at radius 1 is 1.04 bits per heavy atom. The Hall–Kier alpha value is -2.59. The van der Waals surface area contributed by atoms with Crippen LogP contribution in [0.5, 0.6) is 0 Å². The number of likely N-dealkylation sites (N-methyl/N-ethyl adjacent to an activating group) is 1. The standard InChI is InChI=1S/C22H22N2OS/c1-3-24-20-7-5-4-6-18(20)19-12-16(8-9-21(19)24)14-23(2)22(25)13-17-10-11-26-15-17/h4-12,15H,3,13-14H2,1-2H3. The summed E-state index contributed by atoms with van der Waals surface area (Å²) >= 11 is 1.63. The normalized spacial score (nSPS) is 11.3. The molecule has 0 saturated heterocycles. The van der Waals surface area contributed by atoms with E-state index >= 15 is 0 Å². The van der Waals surface area contributed by atoms with E-state index in [-0.39, 0.29) is 5.91 Å². The first-order valence-corrected chi connectivity index (χ1v) is 9.86. The number of nitrogens with zero attached hydrogens (tertiary/aromatic N) is 2. The van der Waals surface area contributed by atoms with Crippen LogP contribution in [-0.4, -0.2) is 22.4 Å². The number of thiophene rings is 1. The van der Waals surface area contributed by atoms with Gasteiger partial charge in [0.1, 0.15) is 0 Å². The van der Waals surface area contributed by atoms with Crippen LogP contribution < -0.4 is 0 Å². The molecule has 0 unspecified atom stereocenters. The highest BCUT2D eigenvalue weighted by Crippen LogP contribution is 2.30. The van der Waals surface area contributed by atoms with Crippen LogP contribution in [0.4, 0.5) is 0 Å². The largest absolute Gasteiger partial charge is 0.341 e. The van der Waals surface area contributed by atoms with E-state index in [1.54, 1.807) is 11.3 Å². The molecule has 26 heavy (non-hydrogen) atoms. The molecule has 4 aromatic rings. The lowest BCUT2D eigenvalue weighted by molar-refractivity contribution is -0.129. The maximum absolute atomic E-state index is 12.5. The summed E-state index contributed by atoms with van der Waals surface area (Å²) in [6.45, 7) is 3.75. The van der Waals surface area contributed by atoms with Crippen LogP contribution >= 0.6 is 11.3 Å². The summed E-state index contributed by atoms with van der Waals surface area (Å²) in [6, 6.07) is 17.1. The summed E-state index contributed by atoms with van der Waals surface area (Å²) in [4.78, 5) is 14.3. The van der Waals surface area contributed by atoms with E-state index in [0.29, 0.717) is 13.0 Å². The van der Waals surface area contributed by atoms with Gasteiger partial charge in [-0.15, -0.1) is 0 Å². The molecule has 0 aliphatic heterocycles. The lowest BCUT2D eigenvalue weighted by atomic mass is 10.1. The second-order valence-electron chi connectivity index (χ2n) is 6.67. The highest BCUT2D eigenvalue weighted by atomic mass is 32.1. The highest BCUT2D eigenvalue weighted by Gasteiger charge is 2.13. The highest BCUT2D eigenvalue weighted by molar-refractivity contribution is 7.08. The van der Waals surface area contributed by atoms with Crippen LogP contribution in [-0.2, 0) is 24.3 Å². The molecule has 0 atom stereocenters. The van der Waals surface area contributed by atoms with Crippen molar-refractivity contribution in [1.29, 1.82) is 0 Å². The van der Waals surface area contributed by atoms with Gasteiger partial charge >= 0.3 is 0 Å². The summed E-state index contributed by atoms with van der Waals surface area (Å²) in [6.07, 6.45) is 0.470. The van der Waals surface area contributed by atoms with Crippen LogP contribution in [0.25, 0.3) is 21.8 Å². The number of rotatable bonds is 5. The third-order valence-corrected chi connectivity index (χ3v) is 5.67. The van der Waals surface area contributed by atoms with Crippen molar-refractivity contribution in [3.05, 3.63) is 70.4 Å². The van der Waals surface area contributed by atoms with Gasteiger partial charge in [-0.05, 0) is 53.1 Å². The Bertz CT molecular complexity index is 1060. The van der Waals surface area contributed by atoms with E-state index in [1.165, 1.54) is 21.8 Å². The van der Waals surface area contributed by atoms with E-state index in [1.807, 2.05) is 28.8 Å². The number of fused-ring (bicyclic) bond motifs is 3. The van der Waals surface area contributed by atoms with Crippen molar-refractivity contribution < 1.29 is 4.79 Å². The third-order valence-electron chi connectivity index (χ3n) is 4.93. The molecule has 0 aliphatic rings. The van der Waals surface area contributed by atoms with Crippen LogP contribution in [0.1, 0.15) is 18.1 Å². The number of amides is 1. The fraction of sp³-hybridized carbons (Fsp3) is 0.227. The van der Waals surface area contributed by atoms with Gasteiger partial charge in [0.15, 0.2) is 0 Å². The minimum absolute atomic E-state index is 0.152. The van der Waals surface area contributed by atoms with Gasteiger partial charge in [-0.1, -0.05) is 24.3 Å². The van der Waals surface area contributed by atoms with Crippen LogP contribution in [0.2, 0.25) is 0 Å². The third kappa shape index (κ3) is 3.01. The summed E-state index contributed by atoms with van der Waals surface area (Å²) < 4.78 is 2.35. The molecule has 0 bridgehead atoms. The Morgan fingerprint density at radius 2 is 1.85 bits per heavy atom. The quantitative estimate of drug-likeness (QED) is 0.486. The zero-order valence-electron chi connectivity index (χ0n) is 15.1. The van der Waals surface area contributed by atoms with Crippen LogP contribution in [0.15, 0.2) is 59.3 Å². The number of carbonyl (C=O) groups excluding carboxylic acids is 1. The number of hydrogen-bond donors (Lipinski definition) is 0. The van der Waals surface area contributed by atoms with E-state index in [2.05, 4.69) is 54.0 Å². The zero-order chi connectivity index (χ0) is 18.1. The van der Waals surface area contributed by atoms with E-state index < -0.39 is 0 Å². The second-order valence-corrected chi connectivity index (χ2v) is 7.45. The lowest BCUT2D eigenvalue weighted by Gasteiger charge is -2.17. The number of aromatic nitrogens is 1. The molecule has 0 radical (unpaired) electrons. The van der Waals surface area contributed by atoms with Gasteiger partial charge in [-0.2, -0.15) is 11.3 Å². The topological polar surface area (TPSA) is 25.2 Å². The molecule has 0 spiro atoms.